The fourth-order valence-electron chi connectivity index (χ4n) is 2.35. The van der Waals surface area contributed by atoms with E-state index in [1.165, 1.54) is 0 Å². The first-order valence-electron chi connectivity index (χ1n) is 8.01. The molecule has 8 heteroatoms. The Morgan fingerprint density at radius 2 is 1.81 bits per heavy atom. The smallest absolute Gasteiger partial charge is 0.189 e. The largest absolute Gasteiger partial charge is 0.331 e. The number of hydrogen-bond acceptors (Lipinski definition) is 5. The first-order chi connectivity index (χ1) is 13.2. The summed E-state index contributed by atoms with van der Waals surface area (Å²) >= 11 is 11.1. The molecule has 134 valence electrons. The van der Waals surface area contributed by atoms with E-state index in [0.717, 1.165) is 11.3 Å². The van der Waals surface area contributed by atoms with Crippen LogP contribution in [0.3, 0.4) is 0 Å². The average molecular weight is 395 g/mol. The summed E-state index contributed by atoms with van der Waals surface area (Å²) in [5, 5.41) is 13.5. The molecule has 0 radical (unpaired) electrons. The van der Waals surface area contributed by atoms with Crippen LogP contribution >= 0.6 is 23.8 Å². The van der Waals surface area contributed by atoms with Crippen LogP contribution in [0.4, 0.5) is 11.5 Å². The van der Waals surface area contributed by atoms with Gasteiger partial charge >= 0.3 is 0 Å². The first kappa shape index (κ1) is 18.6. The Labute approximate surface area is 167 Å². The summed E-state index contributed by atoms with van der Waals surface area (Å²) in [6.07, 6.45) is 3.12. The summed E-state index contributed by atoms with van der Waals surface area (Å²) in [4.78, 5) is 8.60. The van der Waals surface area contributed by atoms with Gasteiger partial charge < -0.3 is 5.32 Å². The summed E-state index contributed by atoms with van der Waals surface area (Å²) < 4.78 is 0. The van der Waals surface area contributed by atoms with Gasteiger partial charge in [0.15, 0.2) is 10.9 Å². The SMILES string of the molecule is N#CC(c1ccccc1)c1cncc(NNC(=S)Nc2ccc(Cl)cc2)n1. The molecule has 0 aliphatic heterocycles. The van der Waals surface area contributed by atoms with E-state index in [-0.39, 0.29) is 0 Å². The predicted octanol–water partition coefficient (Wildman–Crippen LogP) is 4.10. The highest BCUT2D eigenvalue weighted by Gasteiger charge is 2.15. The molecule has 3 aromatic rings. The van der Waals surface area contributed by atoms with Crippen molar-refractivity contribution in [2.24, 2.45) is 0 Å². The second-order valence-electron chi connectivity index (χ2n) is 5.51. The van der Waals surface area contributed by atoms with Crippen molar-refractivity contribution in [2.75, 3.05) is 10.7 Å². The van der Waals surface area contributed by atoms with Gasteiger partial charge in [-0.2, -0.15) is 5.26 Å². The van der Waals surface area contributed by atoms with Gasteiger partial charge in [0.05, 0.1) is 24.2 Å². The summed E-state index contributed by atoms with van der Waals surface area (Å²) in [6.45, 7) is 0. The van der Waals surface area contributed by atoms with E-state index in [9.17, 15) is 5.26 Å². The van der Waals surface area contributed by atoms with Crippen molar-refractivity contribution >= 4 is 40.4 Å². The molecule has 0 fully saturated rings. The van der Waals surface area contributed by atoms with Crippen LogP contribution in [0.5, 0.6) is 0 Å². The minimum atomic E-state index is -0.500. The van der Waals surface area contributed by atoms with Crippen molar-refractivity contribution in [3.63, 3.8) is 0 Å². The van der Waals surface area contributed by atoms with E-state index in [0.29, 0.717) is 21.6 Å². The topological polar surface area (TPSA) is 85.7 Å². The zero-order valence-corrected chi connectivity index (χ0v) is 15.6. The Morgan fingerprint density at radius 3 is 2.52 bits per heavy atom. The number of nitrogens with zero attached hydrogens (tertiary/aromatic N) is 3. The summed E-state index contributed by atoms with van der Waals surface area (Å²) in [5.41, 5.74) is 7.93. The highest BCUT2D eigenvalue weighted by molar-refractivity contribution is 7.80. The number of rotatable bonds is 5. The molecule has 27 heavy (non-hydrogen) atoms. The lowest BCUT2D eigenvalue weighted by atomic mass is 9.98. The van der Waals surface area contributed by atoms with Gasteiger partial charge in [-0.15, -0.1) is 0 Å². The molecule has 1 unspecified atom stereocenters. The van der Waals surface area contributed by atoms with Gasteiger partial charge in [-0.1, -0.05) is 41.9 Å². The third kappa shape index (κ3) is 5.14. The Bertz CT molecular complexity index is 956. The maximum Gasteiger partial charge on any atom is 0.189 e. The van der Waals surface area contributed by atoms with Crippen molar-refractivity contribution in [1.82, 2.24) is 15.4 Å². The number of hydrazine groups is 1. The third-order valence-electron chi connectivity index (χ3n) is 3.62. The maximum atomic E-state index is 9.53. The molecule has 1 aromatic heterocycles. The Kier molecular flexibility index (Phi) is 6.15. The van der Waals surface area contributed by atoms with Gasteiger partial charge in [0.25, 0.3) is 0 Å². The molecule has 1 atom stereocenters. The average Bonchev–Trinajstić information content (AvgIpc) is 2.70. The second kappa shape index (κ2) is 8.94. The molecule has 6 nitrogen and oxygen atoms in total. The lowest BCUT2D eigenvalue weighted by molar-refractivity contribution is 0.932. The maximum absolute atomic E-state index is 9.53. The summed E-state index contributed by atoms with van der Waals surface area (Å²) in [6, 6.07) is 18.9. The number of anilines is 2. The fourth-order valence-corrected chi connectivity index (χ4v) is 2.65. The van der Waals surface area contributed by atoms with Gasteiger partial charge in [0, 0.05) is 10.7 Å². The van der Waals surface area contributed by atoms with Crippen molar-refractivity contribution < 1.29 is 0 Å². The van der Waals surface area contributed by atoms with E-state index in [1.807, 2.05) is 42.5 Å². The highest BCUT2D eigenvalue weighted by atomic mass is 35.5. The minimum Gasteiger partial charge on any atom is -0.331 e. The van der Waals surface area contributed by atoms with E-state index in [4.69, 9.17) is 23.8 Å². The molecule has 0 aliphatic rings. The molecule has 2 aromatic carbocycles. The number of halogens is 1. The zero-order valence-electron chi connectivity index (χ0n) is 14.1. The molecule has 0 spiro atoms. The molecule has 0 amide bonds. The molecule has 3 N–H and O–H groups in total. The van der Waals surface area contributed by atoms with E-state index in [2.05, 4.69) is 32.2 Å². The van der Waals surface area contributed by atoms with Crippen LogP contribution < -0.4 is 16.2 Å². The van der Waals surface area contributed by atoms with Crippen molar-refractivity contribution in [3.8, 4) is 6.07 Å². The molecule has 3 rings (SSSR count). The summed E-state index contributed by atoms with van der Waals surface area (Å²) in [5.74, 6) is -0.0523. The van der Waals surface area contributed by atoms with Crippen LogP contribution in [0.2, 0.25) is 5.02 Å². The Balaban J connectivity index is 1.64. The van der Waals surface area contributed by atoms with Gasteiger partial charge in [0.1, 0.15) is 5.92 Å². The lowest BCUT2D eigenvalue weighted by Crippen LogP contribution is -2.33. The lowest BCUT2D eigenvalue weighted by Gasteiger charge is -2.13. The fraction of sp³-hybridized carbons (Fsp3) is 0.0526. The number of aromatic nitrogens is 2. The molecular weight excluding hydrogens is 380 g/mol. The first-order valence-corrected chi connectivity index (χ1v) is 8.79. The molecule has 0 bridgehead atoms. The van der Waals surface area contributed by atoms with E-state index < -0.39 is 5.92 Å². The second-order valence-corrected chi connectivity index (χ2v) is 6.36. The quantitative estimate of drug-likeness (QED) is 0.443. The summed E-state index contributed by atoms with van der Waals surface area (Å²) in [7, 11) is 0. The van der Waals surface area contributed by atoms with Crippen molar-refractivity contribution in [3.05, 3.63) is 83.3 Å². The van der Waals surface area contributed by atoms with Crippen LogP contribution in [-0.4, -0.2) is 15.1 Å². The number of thiocarbonyl (C=S) groups is 1. The van der Waals surface area contributed by atoms with Crippen LogP contribution in [0.25, 0.3) is 0 Å². The number of nitriles is 1. The monoisotopic (exact) mass is 394 g/mol. The molecule has 0 aliphatic carbocycles. The molecular formula is C19H15ClN6S. The number of hydrogen-bond donors (Lipinski definition) is 3. The highest BCUT2D eigenvalue weighted by Crippen LogP contribution is 2.22. The van der Waals surface area contributed by atoms with Crippen molar-refractivity contribution in [1.29, 1.82) is 5.26 Å². The van der Waals surface area contributed by atoms with Gasteiger partial charge in [-0.05, 0) is 42.0 Å². The van der Waals surface area contributed by atoms with Crippen LogP contribution in [-0.2, 0) is 0 Å². The van der Waals surface area contributed by atoms with Gasteiger partial charge in [-0.25, -0.2) is 4.98 Å². The van der Waals surface area contributed by atoms with E-state index in [1.54, 1.807) is 24.5 Å². The van der Waals surface area contributed by atoms with Crippen LogP contribution in [0, 0.1) is 11.3 Å². The standard InChI is InChI=1S/C19H15ClN6S/c20-14-6-8-15(9-7-14)23-19(27)26-25-18-12-22-11-17(24-18)16(10-21)13-4-2-1-3-5-13/h1-9,11-12,16H,(H,24,25)(H2,23,26,27). The van der Waals surface area contributed by atoms with Gasteiger partial charge in [0.2, 0.25) is 0 Å². The number of benzene rings is 2. The normalized spacial score (nSPS) is 11.1. The van der Waals surface area contributed by atoms with Crippen LogP contribution in [0.1, 0.15) is 17.2 Å². The van der Waals surface area contributed by atoms with E-state index >= 15 is 0 Å². The minimum absolute atomic E-state index is 0.351. The van der Waals surface area contributed by atoms with Crippen LogP contribution in [0.15, 0.2) is 67.0 Å². The zero-order chi connectivity index (χ0) is 19.1. The molecule has 1 heterocycles. The Morgan fingerprint density at radius 1 is 1.07 bits per heavy atom. The molecule has 0 saturated carbocycles. The predicted molar refractivity (Wildman–Crippen MR) is 110 cm³/mol. The third-order valence-corrected chi connectivity index (χ3v) is 4.07. The Hall–Kier alpha value is -3.21. The molecule has 0 saturated heterocycles. The van der Waals surface area contributed by atoms with Crippen molar-refractivity contribution in [2.45, 2.75) is 5.92 Å². The van der Waals surface area contributed by atoms with Gasteiger partial charge in [-0.3, -0.25) is 15.8 Å². The number of nitrogens with one attached hydrogen (secondary N) is 3.